The average molecular weight is 350 g/mol. The molecule has 0 saturated heterocycles. The number of amides is 1. The molecule has 26 heavy (non-hydrogen) atoms. The summed E-state index contributed by atoms with van der Waals surface area (Å²) in [5.74, 6) is 1.03. The molecule has 1 amide bonds. The van der Waals surface area contributed by atoms with Crippen molar-refractivity contribution in [2.45, 2.75) is 26.9 Å². The second kappa shape index (κ2) is 8.29. The number of carbonyl (C=O) groups excluding carboxylic acids is 1. The first kappa shape index (κ1) is 17.7. The van der Waals surface area contributed by atoms with E-state index in [0.717, 1.165) is 16.9 Å². The Morgan fingerprint density at radius 1 is 1.19 bits per heavy atom. The van der Waals surface area contributed by atoms with Gasteiger partial charge in [-0.3, -0.25) is 9.48 Å². The Hall–Kier alpha value is -3.15. The molecule has 3 aromatic rings. The molecule has 1 aromatic carbocycles. The highest BCUT2D eigenvalue weighted by molar-refractivity contribution is 5.78. The van der Waals surface area contributed by atoms with Crippen molar-refractivity contribution in [1.82, 2.24) is 20.1 Å². The van der Waals surface area contributed by atoms with Crippen LogP contribution in [0.2, 0.25) is 0 Å². The van der Waals surface area contributed by atoms with Crippen LogP contribution in [0.15, 0.2) is 61.1 Å². The fraction of sp³-hybridized carbons (Fsp3) is 0.250. The lowest BCUT2D eigenvalue weighted by Crippen LogP contribution is -2.31. The molecule has 6 nitrogen and oxygen atoms in total. The Balaban J connectivity index is 1.63. The van der Waals surface area contributed by atoms with Gasteiger partial charge in [-0.15, -0.1) is 0 Å². The number of rotatable bonds is 7. The van der Waals surface area contributed by atoms with Crippen LogP contribution in [0.4, 0.5) is 0 Å². The Morgan fingerprint density at radius 3 is 2.81 bits per heavy atom. The normalized spacial score (nSPS) is 11.8. The van der Waals surface area contributed by atoms with Crippen molar-refractivity contribution in [2.24, 2.45) is 5.92 Å². The van der Waals surface area contributed by atoms with Crippen molar-refractivity contribution in [3.8, 4) is 11.6 Å². The van der Waals surface area contributed by atoms with E-state index in [2.05, 4.69) is 15.4 Å². The monoisotopic (exact) mass is 350 g/mol. The topological polar surface area (TPSA) is 69.0 Å². The number of benzene rings is 1. The molecule has 0 spiro atoms. The fourth-order valence-corrected chi connectivity index (χ4v) is 2.55. The summed E-state index contributed by atoms with van der Waals surface area (Å²) in [6.45, 7) is 4.76. The number of nitrogens with zero attached hydrogens (tertiary/aromatic N) is 3. The van der Waals surface area contributed by atoms with E-state index in [0.29, 0.717) is 19.0 Å². The number of hydrogen-bond acceptors (Lipinski definition) is 4. The zero-order valence-corrected chi connectivity index (χ0v) is 14.9. The van der Waals surface area contributed by atoms with E-state index in [1.54, 1.807) is 17.1 Å². The van der Waals surface area contributed by atoms with E-state index in [9.17, 15) is 4.79 Å². The molecule has 2 aromatic heterocycles. The van der Waals surface area contributed by atoms with E-state index in [1.165, 1.54) is 0 Å². The highest BCUT2D eigenvalue weighted by Gasteiger charge is 2.15. The molecule has 0 fully saturated rings. The quantitative estimate of drug-likeness (QED) is 0.710. The first-order valence-electron chi connectivity index (χ1n) is 8.56. The smallest absolute Gasteiger partial charge is 0.224 e. The second-order valence-electron chi connectivity index (χ2n) is 6.18. The molecule has 0 aliphatic heterocycles. The van der Waals surface area contributed by atoms with Crippen molar-refractivity contribution < 1.29 is 9.53 Å². The minimum atomic E-state index is -0.188. The van der Waals surface area contributed by atoms with Crippen LogP contribution in [0.3, 0.4) is 0 Å². The summed E-state index contributed by atoms with van der Waals surface area (Å²) in [7, 11) is 0. The van der Waals surface area contributed by atoms with Gasteiger partial charge in [0.05, 0.1) is 12.5 Å². The molecule has 2 heterocycles. The largest absolute Gasteiger partial charge is 0.438 e. The third-order valence-electron chi connectivity index (χ3n) is 4.07. The van der Waals surface area contributed by atoms with Crippen LogP contribution in [0.5, 0.6) is 11.6 Å². The maximum atomic E-state index is 12.4. The van der Waals surface area contributed by atoms with E-state index < -0.39 is 0 Å². The molecular formula is C20H22N4O2. The van der Waals surface area contributed by atoms with Gasteiger partial charge in [-0.25, -0.2) is 4.98 Å². The van der Waals surface area contributed by atoms with Crippen molar-refractivity contribution in [2.75, 3.05) is 0 Å². The van der Waals surface area contributed by atoms with Crippen molar-refractivity contribution in [3.05, 3.63) is 72.2 Å². The number of carbonyl (C=O) groups is 1. The number of aromatic nitrogens is 3. The van der Waals surface area contributed by atoms with E-state index in [4.69, 9.17) is 4.74 Å². The number of hydrogen-bond donors (Lipinski definition) is 1. The molecule has 0 aliphatic carbocycles. The Kier molecular flexibility index (Phi) is 5.63. The van der Waals surface area contributed by atoms with Crippen molar-refractivity contribution in [3.63, 3.8) is 0 Å². The number of pyridine rings is 1. The molecule has 134 valence electrons. The Morgan fingerprint density at radius 2 is 2.04 bits per heavy atom. The fourth-order valence-electron chi connectivity index (χ4n) is 2.55. The molecule has 0 radical (unpaired) electrons. The standard InChI is InChI=1S/C20H22N4O2/c1-15-7-3-4-9-18(15)26-20-17(8-5-10-21-20)13-22-19(25)16(2)14-24-12-6-11-23-24/h3-12,16H,13-14H2,1-2H3,(H,22,25)/t16-/m0/s1. The Labute approximate surface area is 152 Å². The van der Waals surface area contributed by atoms with Crippen molar-refractivity contribution >= 4 is 5.91 Å². The van der Waals surface area contributed by atoms with E-state index >= 15 is 0 Å². The van der Waals surface area contributed by atoms with Gasteiger partial charge >= 0.3 is 0 Å². The molecule has 0 saturated carbocycles. The van der Waals surface area contributed by atoms with Crippen LogP contribution in [0.25, 0.3) is 0 Å². The number of para-hydroxylation sites is 1. The minimum absolute atomic E-state index is 0.0359. The van der Waals surface area contributed by atoms with Crippen LogP contribution in [-0.2, 0) is 17.9 Å². The molecular weight excluding hydrogens is 328 g/mol. The summed E-state index contributed by atoms with van der Waals surface area (Å²) >= 11 is 0. The van der Waals surface area contributed by atoms with Crippen LogP contribution < -0.4 is 10.1 Å². The minimum Gasteiger partial charge on any atom is -0.438 e. The predicted octanol–water partition coefficient (Wildman–Crippen LogP) is 3.33. The molecule has 6 heteroatoms. The van der Waals surface area contributed by atoms with Gasteiger partial charge in [0.15, 0.2) is 0 Å². The average Bonchev–Trinajstić information content (AvgIpc) is 3.15. The maximum absolute atomic E-state index is 12.4. The van der Waals surface area contributed by atoms with Gasteiger partial charge < -0.3 is 10.1 Å². The molecule has 0 unspecified atom stereocenters. The van der Waals surface area contributed by atoms with Crippen LogP contribution in [0, 0.1) is 12.8 Å². The molecule has 0 bridgehead atoms. The van der Waals surface area contributed by atoms with Gasteiger partial charge in [0, 0.05) is 30.7 Å². The lowest BCUT2D eigenvalue weighted by Gasteiger charge is -2.14. The SMILES string of the molecule is Cc1ccccc1Oc1ncccc1CNC(=O)[C@@H](C)Cn1cccn1. The lowest BCUT2D eigenvalue weighted by molar-refractivity contribution is -0.125. The molecule has 1 atom stereocenters. The summed E-state index contributed by atoms with van der Waals surface area (Å²) in [6, 6.07) is 13.3. The summed E-state index contributed by atoms with van der Waals surface area (Å²) in [6.07, 6.45) is 5.23. The Bertz CT molecular complexity index is 862. The zero-order valence-electron chi connectivity index (χ0n) is 14.9. The summed E-state index contributed by atoms with van der Waals surface area (Å²) in [5.41, 5.74) is 1.86. The van der Waals surface area contributed by atoms with Gasteiger partial charge in [-0.1, -0.05) is 31.2 Å². The van der Waals surface area contributed by atoms with E-state index in [-0.39, 0.29) is 11.8 Å². The van der Waals surface area contributed by atoms with Gasteiger partial charge in [-0.2, -0.15) is 5.10 Å². The van der Waals surface area contributed by atoms with Crippen molar-refractivity contribution in [1.29, 1.82) is 0 Å². The van der Waals surface area contributed by atoms with Crippen LogP contribution >= 0.6 is 0 Å². The van der Waals surface area contributed by atoms with Gasteiger partial charge in [0.1, 0.15) is 5.75 Å². The third-order valence-corrected chi connectivity index (χ3v) is 4.07. The van der Waals surface area contributed by atoms with E-state index in [1.807, 2.05) is 62.5 Å². The van der Waals surface area contributed by atoms with Gasteiger partial charge in [-0.05, 0) is 30.7 Å². The zero-order chi connectivity index (χ0) is 18.4. The number of nitrogens with one attached hydrogen (secondary N) is 1. The van der Waals surface area contributed by atoms with Crippen LogP contribution in [0.1, 0.15) is 18.1 Å². The molecule has 0 aliphatic rings. The van der Waals surface area contributed by atoms with Crippen LogP contribution in [-0.4, -0.2) is 20.7 Å². The first-order chi connectivity index (χ1) is 12.6. The number of aryl methyl sites for hydroxylation is 1. The predicted molar refractivity (Wildman–Crippen MR) is 98.7 cm³/mol. The third kappa shape index (κ3) is 4.47. The highest BCUT2D eigenvalue weighted by atomic mass is 16.5. The number of ether oxygens (including phenoxy) is 1. The maximum Gasteiger partial charge on any atom is 0.224 e. The van der Waals surface area contributed by atoms with Gasteiger partial charge in [0.25, 0.3) is 0 Å². The van der Waals surface area contributed by atoms with Gasteiger partial charge in [0.2, 0.25) is 11.8 Å². The summed E-state index contributed by atoms with van der Waals surface area (Å²) in [4.78, 5) is 16.7. The lowest BCUT2D eigenvalue weighted by atomic mass is 10.1. The molecule has 1 N–H and O–H groups in total. The molecule has 3 rings (SSSR count). The first-order valence-corrected chi connectivity index (χ1v) is 8.56. The summed E-state index contributed by atoms with van der Waals surface area (Å²) in [5, 5.41) is 7.08. The highest BCUT2D eigenvalue weighted by Crippen LogP contribution is 2.25. The second-order valence-corrected chi connectivity index (χ2v) is 6.18. The summed E-state index contributed by atoms with van der Waals surface area (Å²) < 4.78 is 7.69.